The van der Waals surface area contributed by atoms with Crippen LogP contribution in [0.3, 0.4) is 0 Å². The van der Waals surface area contributed by atoms with Crippen LogP contribution in [-0.2, 0) is 6.54 Å². The van der Waals surface area contributed by atoms with Crippen LogP contribution in [-0.4, -0.2) is 12.3 Å². The topological polar surface area (TPSA) is 41.5 Å². The number of hydrogen-bond donors (Lipinski definition) is 2. The Morgan fingerprint density at radius 1 is 1.47 bits per heavy atom. The summed E-state index contributed by atoms with van der Waals surface area (Å²) in [6.07, 6.45) is -2.59. The van der Waals surface area contributed by atoms with Gasteiger partial charge in [0.05, 0.1) is 12.7 Å². The van der Waals surface area contributed by atoms with Gasteiger partial charge in [-0.25, -0.2) is 14.3 Å². The second-order valence-electron chi connectivity index (χ2n) is 3.18. The van der Waals surface area contributed by atoms with Gasteiger partial charge in [-0.05, 0) is 13.0 Å². The first kappa shape index (κ1) is 11.9. The zero-order valence-corrected chi connectivity index (χ0v) is 8.55. The van der Waals surface area contributed by atoms with E-state index in [2.05, 4.69) is 0 Å². The van der Waals surface area contributed by atoms with Crippen molar-refractivity contribution in [1.29, 1.82) is 0 Å². The highest BCUT2D eigenvalue weighted by Crippen LogP contribution is 2.33. The molecule has 84 valence electrons. The number of aryl methyl sites for hydroxylation is 1. The molecule has 0 saturated heterocycles. The number of hydrogen-bond acceptors (Lipinski definition) is 3. The van der Waals surface area contributed by atoms with Crippen molar-refractivity contribution < 1.29 is 18.7 Å². The third kappa shape index (κ3) is 2.64. The fourth-order valence-corrected chi connectivity index (χ4v) is 1.51. The minimum atomic E-state index is -2.59. The molecule has 1 aromatic rings. The molecule has 15 heavy (non-hydrogen) atoms. The van der Waals surface area contributed by atoms with E-state index < -0.39 is 6.43 Å². The summed E-state index contributed by atoms with van der Waals surface area (Å²) in [7, 11) is 1.33. The van der Waals surface area contributed by atoms with E-state index in [9.17, 15) is 8.78 Å². The van der Waals surface area contributed by atoms with Gasteiger partial charge in [-0.1, -0.05) is 11.6 Å². The Morgan fingerprint density at radius 3 is 2.60 bits per heavy atom. The standard InChI is InChI=1S/C10H13F2NO2/c1-6-3-7(5-13-14)9(15-2)8(4-6)10(11)12/h3-4,10,13-14H,5H2,1-2H3. The highest BCUT2D eigenvalue weighted by molar-refractivity contribution is 5.45. The van der Waals surface area contributed by atoms with Crippen molar-refractivity contribution in [3.63, 3.8) is 0 Å². The normalized spacial score (nSPS) is 10.8. The first-order chi connectivity index (χ1) is 7.10. The maximum atomic E-state index is 12.7. The predicted octanol–water partition coefficient (Wildman–Crippen LogP) is 2.42. The van der Waals surface area contributed by atoms with Crippen LogP contribution in [0.25, 0.3) is 0 Å². The lowest BCUT2D eigenvalue weighted by Crippen LogP contribution is -2.09. The van der Waals surface area contributed by atoms with Crippen molar-refractivity contribution in [3.05, 3.63) is 28.8 Å². The molecular formula is C10H13F2NO2. The molecule has 0 aliphatic heterocycles. The van der Waals surface area contributed by atoms with Crippen LogP contribution in [0.15, 0.2) is 12.1 Å². The lowest BCUT2D eigenvalue weighted by atomic mass is 10.0. The van der Waals surface area contributed by atoms with Crippen LogP contribution in [0, 0.1) is 6.92 Å². The molecule has 0 radical (unpaired) electrons. The molecule has 0 aromatic heterocycles. The second kappa shape index (κ2) is 5.04. The number of nitrogens with one attached hydrogen (secondary N) is 1. The lowest BCUT2D eigenvalue weighted by molar-refractivity contribution is 0.144. The Labute approximate surface area is 86.6 Å². The summed E-state index contributed by atoms with van der Waals surface area (Å²) in [6, 6.07) is 3.07. The third-order valence-electron chi connectivity index (χ3n) is 2.05. The van der Waals surface area contributed by atoms with Gasteiger partial charge in [0.2, 0.25) is 0 Å². The molecule has 1 aromatic carbocycles. The molecule has 0 atom stereocenters. The largest absolute Gasteiger partial charge is 0.496 e. The molecule has 0 amide bonds. The van der Waals surface area contributed by atoms with E-state index in [4.69, 9.17) is 9.94 Å². The molecule has 2 N–H and O–H groups in total. The fraction of sp³-hybridized carbons (Fsp3) is 0.400. The Morgan fingerprint density at radius 2 is 2.13 bits per heavy atom. The maximum absolute atomic E-state index is 12.7. The molecule has 0 unspecified atom stereocenters. The zero-order chi connectivity index (χ0) is 11.4. The highest BCUT2D eigenvalue weighted by atomic mass is 19.3. The van der Waals surface area contributed by atoms with Crippen LogP contribution in [0.2, 0.25) is 0 Å². The van der Waals surface area contributed by atoms with Crippen molar-refractivity contribution in [2.75, 3.05) is 7.11 Å². The molecule has 3 nitrogen and oxygen atoms in total. The van der Waals surface area contributed by atoms with E-state index in [-0.39, 0.29) is 17.9 Å². The summed E-state index contributed by atoms with van der Waals surface area (Å²) in [5.41, 5.74) is 2.99. The number of halogens is 2. The van der Waals surface area contributed by atoms with Gasteiger partial charge in [0.1, 0.15) is 5.75 Å². The van der Waals surface area contributed by atoms with Crippen LogP contribution < -0.4 is 10.2 Å². The van der Waals surface area contributed by atoms with E-state index >= 15 is 0 Å². The van der Waals surface area contributed by atoms with Gasteiger partial charge in [-0.15, -0.1) is 0 Å². The number of methoxy groups -OCH3 is 1. The molecule has 0 saturated carbocycles. The van der Waals surface area contributed by atoms with E-state index in [0.29, 0.717) is 11.1 Å². The van der Waals surface area contributed by atoms with Gasteiger partial charge >= 0.3 is 0 Å². The monoisotopic (exact) mass is 217 g/mol. The quantitative estimate of drug-likeness (QED) is 0.761. The molecule has 0 bridgehead atoms. The molecule has 0 spiro atoms. The van der Waals surface area contributed by atoms with Crippen LogP contribution in [0.1, 0.15) is 23.1 Å². The number of rotatable bonds is 4. The van der Waals surface area contributed by atoms with Gasteiger partial charge < -0.3 is 9.94 Å². The summed E-state index contributed by atoms with van der Waals surface area (Å²) in [5.74, 6) is 0.122. The second-order valence-corrected chi connectivity index (χ2v) is 3.18. The summed E-state index contributed by atoms with van der Waals surface area (Å²) < 4.78 is 30.2. The molecule has 0 fully saturated rings. The van der Waals surface area contributed by atoms with Crippen molar-refractivity contribution in [2.24, 2.45) is 0 Å². The minimum Gasteiger partial charge on any atom is -0.496 e. The summed E-state index contributed by atoms with van der Waals surface area (Å²) in [5, 5.41) is 8.57. The summed E-state index contributed by atoms with van der Waals surface area (Å²) in [6.45, 7) is 1.79. The van der Waals surface area contributed by atoms with Crippen LogP contribution >= 0.6 is 0 Å². The number of alkyl halides is 2. The Kier molecular flexibility index (Phi) is 3.99. The third-order valence-corrected chi connectivity index (χ3v) is 2.05. The average Bonchev–Trinajstić information content (AvgIpc) is 2.17. The first-order valence-corrected chi connectivity index (χ1v) is 4.42. The van der Waals surface area contributed by atoms with Gasteiger partial charge in [0.15, 0.2) is 0 Å². The number of benzene rings is 1. The van der Waals surface area contributed by atoms with Crippen molar-refractivity contribution in [2.45, 2.75) is 19.9 Å². The fourth-order valence-electron chi connectivity index (χ4n) is 1.51. The van der Waals surface area contributed by atoms with Crippen molar-refractivity contribution in [3.8, 4) is 5.75 Å². The highest BCUT2D eigenvalue weighted by Gasteiger charge is 2.17. The van der Waals surface area contributed by atoms with Crippen LogP contribution in [0.5, 0.6) is 5.75 Å². The van der Waals surface area contributed by atoms with E-state index in [1.807, 2.05) is 5.48 Å². The van der Waals surface area contributed by atoms with Gasteiger partial charge in [0, 0.05) is 12.1 Å². The summed E-state index contributed by atoms with van der Waals surface area (Å²) >= 11 is 0. The van der Waals surface area contributed by atoms with E-state index in [1.54, 1.807) is 13.0 Å². The van der Waals surface area contributed by atoms with Crippen LogP contribution in [0.4, 0.5) is 8.78 Å². The van der Waals surface area contributed by atoms with E-state index in [1.165, 1.54) is 13.2 Å². The maximum Gasteiger partial charge on any atom is 0.267 e. The van der Waals surface area contributed by atoms with Gasteiger partial charge in [-0.3, -0.25) is 0 Å². The van der Waals surface area contributed by atoms with Gasteiger partial charge in [0.25, 0.3) is 6.43 Å². The number of ether oxygens (including phenoxy) is 1. The smallest absolute Gasteiger partial charge is 0.267 e. The predicted molar refractivity (Wildman–Crippen MR) is 51.3 cm³/mol. The van der Waals surface area contributed by atoms with E-state index in [0.717, 1.165) is 0 Å². The molecule has 0 aliphatic rings. The molecule has 0 heterocycles. The summed E-state index contributed by atoms with van der Waals surface area (Å²) in [4.78, 5) is 0. The molecular weight excluding hydrogens is 204 g/mol. The average molecular weight is 217 g/mol. The minimum absolute atomic E-state index is 0.0740. The van der Waals surface area contributed by atoms with Crippen molar-refractivity contribution >= 4 is 0 Å². The Bertz CT molecular complexity index is 342. The molecule has 0 aliphatic carbocycles. The van der Waals surface area contributed by atoms with Crippen molar-refractivity contribution in [1.82, 2.24) is 5.48 Å². The molecule has 1 rings (SSSR count). The number of hydroxylamine groups is 1. The zero-order valence-electron chi connectivity index (χ0n) is 8.55. The Balaban J connectivity index is 3.25. The molecule has 5 heteroatoms. The lowest BCUT2D eigenvalue weighted by Gasteiger charge is -2.13. The SMILES string of the molecule is COc1c(CNO)cc(C)cc1C(F)F. The Hall–Kier alpha value is -1.20. The first-order valence-electron chi connectivity index (χ1n) is 4.42. The van der Waals surface area contributed by atoms with Gasteiger partial charge in [-0.2, -0.15) is 0 Å².